The standard InChI is InChI=1S/C16H19ClN2O4/c1-4-16(5-2)14(21)19(15(22)18-16)9-12(20)10-6-7-13(23-3)11(17)8-10/h6-8H,4-5,9H2,1-3H3,(H,18,22). The highest BCUT2D eigenvalue weighted by Gasteiger charge is 2.49. The number of ether oxygens (including phenoxy) is 1. The fraction of sp³-hybridized carbons (Fsp3) is 0.438. The van der Waals surface area contributed by atoms with Crippen molar-refractivity contribution in [2.75, 3.05) is 13.7 Å². The third kappa shape index (κ3) is 3.03. The fourth-order valence-electron chi connectivity index (χ4n) is 2.62. The van der Waals surface area contributed by atoms with Gasteiger partial charge in [-0.15, -0.1) is 0 Å². The molecule has 0 unspecified atom stereocenters. The summed E-state index contributed by atoms with van der Waals surface area (Å²) in [6.45, 7) is 3.35. The van der Waals surface area contributed by atoms with E-state index in [1.807, 2.05) is 13.8 Å². The summed E-state index contributed by atoms with van der Waals surface area (Å²) in [4.78, 5) is 37.9. The van der Waals surface area contributed by atoms with Crippen LogP contribution in [0, 0.1) is 0 Å². The van der Waals surface area contributed by atoms with Crippen LogP contribution in [0.25, 0.3) is 0 Å². The summed E-state index contributed by atoms with van der Waals surface area (Å²) in [5.74, 6) is -0.268. The molecule has 0 radical (unpaired) electrons. The summed E-state index contributed by atoms with van der Waals surface area (Å²) in [6, 6.07) is 4.06. The van der Waals surface area contributed by atoms with Gasteiger partial charge in [-0.3, -0.25) is 14.5 Å². The summed E-state index contributed by atoms with van der Waals surface area (Å²) in [6.07, 6.45) is 0.959. The maximum absolute atomic E-state index is 12.5. The van der Waals surface area contributed by atoms with Crippen molar-refractivity contribution in [2.45, 2.75) is 32.2 Å². The summed E-state index contributed by atoms with van der Waals surface area (Å²) in [7, 11) is 1.48. The van der Waals surface area contributed by atoms with Crippen LogP contribution in [0.5, 0.6) is 5.75 Å². The molecule has 1 aliphatic rings. The minimum absolute atomic E-state index is 0.298. The van der Waals surface area contributed by atoms with E-state index in [0.717, 1.165) is 4.90 Å². The van der Waals surface area contributed by atoms with Gasteiger partial charge in [-0.25, -0.2) is 4.79 Å². The number of imide groups is 1. The second kappa shape index (κ2) is 6.58. The van der Waals surface area contributed by atoms with Crippen molar-refractivity contribution in [3.8, 4) is 5.75 Å². The van der Waals surface area contributed by atoms with Gasteiger partial charge in [-0.1, -0.05) is 25.4 Å². The highest BCUT2D eigenvalue weighted by molar-refractivity contribution is 6.32. The maximum atomic E-state index is 12.5. The lowest BCUT2D eigenvalue weighted by atomic mass is 9.93. The van der Waals surface area contributed by atoms with Gasteiger partial charge in [0, 0.05) is 5.56 Å². The first-order chi connectivity index (χ1) is 10.9. The Labute approximate surface area is 139 Å². The van der Waals surface area contributed by atoms with Crippen molar-refractivity contribution in [3.63, 3.8) is 0 Å². The third-order valence-corrected chi connectivity index (χ3v) is 4.52. The van der Waals surface area contributed by atoms with E-state index in [1.54, 1.807) is 12.1 Å². The number of benzene rings is 1. The lowest BCUT2D eigenvalue weighted by Crippen LogP contribution is -2.46. The lowest BCUT2D eigenvalue weighted by molar-refractivity contribution is -0.131. The highest BCUT2D eigenvalue weighted by atomic mass is 35.5. The first-order valence-electron chi connectivity index (χ1n) is 7.39. The largest absolute Gasteiger partial charge is 0.495 e. The van der Waals surface area contributed by atoms with Gasteiger partial charge >= 0.3 is 6.03 Å². The van der Waals surface area contributed by atoms with Gasteiger partial charge in [0.1, 0.15) is 11.3 Å². The van der Waals surface area contributed by atoms with Crippen molar-refractivity contribution in [3.05, 3.63) is 28.8 Å². The van der Waals surface area contributed by atoms with Gasteiger partial charge < -0.3 is 10.1 Å². The number of nitrogens with one attached hydrogen (secondary N) is 1. The predicted octanol–water partition coefficient (Wildman–Crippen LogP) is 2.64. The average Bonchev–Trinajstić information content (AvgIpc) is 2.79. The van der Waals surface area contributed by atoms with Crippen molar-refractivity contribution >= 4 is 29.3 Å². The topological polar surface area (TPSA) is 75.7 Å². The smallest absolute Gasteiger partial charge is 0.325 e. The number of halogens is 1. The minimum Gasteiger partial charge on any atom is -0.495 e. The molecule has 1 saturated heterocycles. The number of urea groups is 1. The van der Waals surface area contributed by atoms with Crippen LogP contribution in [-0.2, 0) is 4.79 Å². The molecule has 0 atom stereocenters. The number of hydrogen-bond acceptors (Lipinski definition) is 4. The van der Waals surface area contributed by atoms with Crippen LogP contribution in [0.2, 0.25) is 5.02 Å². The maximum Gasteiger partial charge on any atom is 0.325 e. The Morgan fingerprint density at radius 3 is 2.43 bits per heavy atom. The van der Waals surface area contributed by atoms with E-state index in [0.29, 0.717) is 29.2 Å². The van der Waals surface area contributed by atoms with E-state index < -0.39 is 11.6 Å². The molecule has 1 N–H and O–H groups in total. The van der Waals surface area contributed by atoms with Crippen LogP contribution >= 0.6 is 11.6 Å². The van der Waals surface area contributed by atoms with Crippen LogP contribution < -0.4 is 10.1 Å². The molecule has 2 rings (SSSR count). The molecule has 7 heteroatoms. The molecule has 1 aromatic carbocycles. The molecule has 23 heavy (non-hydrogen) atoms. The van der Waals surface area contributed by atoms with E-state index in [9.17, 15) is 14.4 Å². The Morgan fingerprint density at radius 1 is 1.30 bits per heavy atom. The Balaban J connectivity index is 2.19. The zero-order chi connectivity index (χ0) is 17.2. The van der Waals surface area contributed by atoms with Gasteiger partial charge in [-0.05, 0) is 31.0 Å². The van der Waals surface area contributed by atoms with Crippen molar-refractivity contribution in [1.82, 2.24) is 10.2 Å². The van der Waals surface area contributed by atoms with Crippen molar-refractivity contribution in [1.29, 1.82) is 0 Å². The summed E-state index contributed by atoms with van der Waals surface area (Å²) < 4.78 is 5.03. The molecule has 3 amide bonds. The molecule has 6 nitrogen and oxygen atoms in total. The molecule has 0 aliphatic carbocycles. The number of rotatable bonds is 6. The summed E-state index contributed by atoms with van der Waals surface area (Å²) in [5.41, 5.74) is -0.587. The van der Waals surface area contributed by atoms with E-state index in [-0.39, 0.29) is 18.2 Å². The Bertz CT molecular complexity index is 655. The minimum atomic E-state index is -0.908. The normalized spacial score (nSPS) is 16.4. The number of carbonyl (C=O) groups is 3. The second-order valence-electron chi connectivity index (χ2n) is 5.38. The van der Waals surface area contributed by atoms with E-state index in [1.165, 1.54) is 13.2 Å². The zero-order valence-corrected chi connectivity index (χ0v) is 14.1. The quantitative estimate of drug-likeness (QED) is 0.639. The van der Waals surface area contributed by atoms with E-state index in [2.05, 4.69) is 5.32 Å². The number of Topliss-reactive ketones (excluding diaryl/α,β-unsaturated/α-hetero) is 1. The Morgan fingerprint density at radius 2 is 1.96 bits per heavy atom. The number of ketones is 1. The molecule has 1 heterocycles. The molecular weight excluding hydrogens is 320 g/mol. The summed E-state index contributed by atoms with van der Waals surface area (Å²) in [5, 5.41) is 2.99. The zero-order valence-electron chi connectivity index (χ0n) is 13.3. The van der Waals surface area contributed by atoms with Gasteiger partial charge in [0.25, 0.3) is 5.91 Å². The average molecular weight is 339 g/mol. The molecule has 1 fully saturated rings. The van der Waals surface area contributed by atoms with E-state index in [4.69, 9.17) is 16.3 Å². The third-order valence-electron chi connectivity index (χ3n) is 4.23. The SMILES string of the molecule is CCC1(CC)NC(=O)N(CC(=O)c2ccc(OC)c(Cl)c2)C1=O. The molecule has 1 aromatic rings. The van der Waals surface area contributed by atoms with Crippen LogP contribution in [0.1, 0.15) is 37.0 Å². The molecule has 0 saturated carbocycles. The van der Waals surface area contributed by atoms with Crippen LogP contribution in [0.4, 0.5) is 4.79 Å². The first kappa shape index (κ1) is 17.3. The number of carbonyl (C=O) groups excluding carboxylic acids is 3. The number of methoxy groups -OCH3 is 1. The van der Waals surface area contributed by atoms with E-state index >= 15 is 0 Å². The molecule has 0 spiro atoms. The van der Waals surface area contributed by atoms with Gasteiger partial charge in [-0.2, -0.15) is 0 Å². The lowest BCUT2D eigenvalue weighted by Gasteiger charge is -2.23. The highest BCUT2D eigenvalue weighted by Crippen LogP contribution is 2.27. The van der Waals surface area contributed by atoms with Gasteiger partial charge in [0.15, 0.2) is 5.78 Å². The Kier molecular flexibility index (Phi) is 4.94. The Hall–Kier alpha value is -2.08. The van der Waals surface area contributed by atoms with Crippen LogP contribution in [0.15, 0.2) is 18.2 Å². The molecule has 1 aliphatic heterocycles. The van der Waals surface area contributed by atoms with Crippen LogP contribution in [0.3, 0.4) is 0 Å². The number of hydrogen-bond donors (Lipinski definition) is 1. The number of nitrogens with zero attached hydrogens (tertiary/aromatic N) is 1. The summed E-state index contributed by atoms with van der Waals surface area (Å²) >= 11 is 6.00. The van der Waals surface area contributed by atoms with Crippen LogP contribution in [-0.4, -0.2) is 41.8 Å². The monoisotopic (exact) mass is 338 g/mol. The predicted molar refractivity (Wildman–Crippen MR) is 85.9 cm³/mol. The second-order valence-corrected chi connectivity index (χ2v) is 5.79. The molecule has 124 valence electrons. The van der Waals surface area contributed by atoms with Crippen molar-refractivity contribution in [2.24, 2.45) is 0 Å². The van der Waals surface area contributed by atoms with Gasteiger partial charge in [0.2, 0.25) is 0 Å². The van der Waals surface area contributed by atoms with Gasteiger partial charge in [0.05, 0.1) is 18.7 Å². The number of amides is 3. The fourth-order valence-corrected chi connectivity index (χ4v) is 2.88. The van der Waals surface area contributed by atoms with Crippen molar-refractivity contribution < 1.29 is 19.1 Å². The molecule has 0 bridgehead atoms. The molecular formula is C16H19ClN2O4. The molecule has 0 aromatic heterocycles. The first-order valence-corrected chi connectivity index (χ1v) is 7.77.